The van der Waals surface area contributed by atoms with Crippen molar-refractivity contribution in [2.75, 3.05) is 12.9 Å². The first kappa shape index (κ1) is 19.7. The van der Waals surface area contributed by atoms with Crippen molar-refractivity contribution in [1.29, 1.82) is 0 Å². The summed E-state index contributed by atoms with van der Waals surface area (Å²) in [5, 5.41) is 31.6. The van der Waals surface area contributed by atoms with Crippen LogP contribution in [0, 0.1) is 0 Å². The van der Waals surface area contributed by atoms with Gasteiger partial charge in [-0.05, 0) is 29.8 Å². The third-order valence-corrected chi connectivity index (χ3v) is 4.90. The number of phenols is 2. The average Bonchev–Trinajstić information content (AvgIpc) is 2.60. The molecule has 4 N–H and O–H groups in total. The maximum Gasteiger partial charge on any atom is 0.255 e. The second-order valence-electron chi connectivity index (χ2n) is 5.69. The Morgan fingerprint density at radius 2 is 1.77 bits per heavy atom. The molecule has 0 fully saturated rings. The van der Waals surface area contributed by atoms with Gasteiger partial charge in [-0.1, -0.05) is 18.2 Å². The molecule has 2 aromatic carbocycles. The van der Waals surface area contributed by atoms with Gasteiger partial charge in [0.15, 0.2) is 21.3 Å². The summed E-state index contributed by atoms with van der Waals surface area (Å²) in [5.41, 5.74) is -0.0662. The number of carbonyl (C=O) groups is 1. The number of para-hydroxylation sites is 1. The Labute approximate surface area is 149 Å². The highest BCUT2D eigenvalue weighted by molar-refractivity contribution is 7.90. The third-order valence-electron chi connectivity index (χ3n) is 3.77. The number of amides is 1. The minimum absolute atomic E-state index is 0.0407. The molecule has 1 amide bonds. The highest BCUT2D eigenvalue weighted by Gasteiger charge is 2.25. The van der Waals surface area contributed by atoms with Gasteiger partial charge < -0.3 is 20.6 Å². The first-order valence-corrected chi connectivity index (χ1v) is 9.40. The molecule has 26 heavy (non-hydrogen) atoms. The SMILES string of the molecule is CS(=O)(=O)c1ccc([C@H](O)C(CF)NC(=O)c2cccc(O)c2O)cc1. The van der Waals surface area contributed by atoms with Crippen LogP contribution in [0.5, 0.6) is 11.5 Å². The van der Waals surface area contributed by atoms with E-state index in [2.05, 4.69) is 5.32 Å². The molecule has 7 nitrogen and oxygen atoms in total. The molecule has 0 aromatic heterocycles. The first-order valence-electron chi connectivity index (χ1n) is 7.51. The van der Waals surface area contributed by atoms with Gasteiger partial charge in [-0.3, -0.25) is 4.79 Å². The van der Waals surface area contributed by atoms with Crippen molar-refractivity contribution in [3.05, 3.63) is 53.6 Å². The van der Waals surface area contributed by atoms with E-state index in [4.69, 9.17) is 0 Å². The van der Waals surface area contributed by atoms with Crippen molar-refractivity contribution in [1.82, 2.24) is 5.32 Å². The largest absolute Gasteiger partial charge is 0.504 e. The molecule has 2 atom stereocenters. The normalized spacial score (nSPS) is 13.8. The quantitative estimate of drug-likeness (QED) is 0.558. The van der Waals surface area contributed by atoms with E-state index in [-0.39, 0.29) is 16.0 Å². The lowest BCUT2D eigenvalue weighted by atomic mass is 10.0. The number of benzene rings is 2. The standard InChI is InChI=1S/C17H18FNO6S/c1-26(24,25)11-7-5-10(6-8-11)15(21)13(9-18)19-17(23)12-3-2-4-14(20)16(12)22/h2-8,13,15,20-22H,9H2,1H3,(H,19,23)/t13?,15-/m0/s1. The number of aromatic hydroxyl groups is 2. The molecule has 0 bridgehead atoms. The number of nitrogens with one attached hydrogen (secondary N) is 1. The van der Waals surface area contributed by atoms with E-state index in [1.165, 1.54) is 42.5 Å². The van der Waals surface area contributed by atoms with Crippen LogP contribution < -0.4 is 5.32 Å². The predicted molar refractivity (Wildman–Crippen MR) is 91.5 cm³/mol. The van der Waals surface area contributed by atoms with E-state index in [1.54, 1.807) is 0 Å². The zero-order chi connectivity index (χ0) is 19.5. The fourth-order valence-corrected chi connectivity index (χ4v) is 2.94. The Kier molecular flexibility index (Phi) is 5.83. The molecule has 0 aliphatic carbocycles. The second kappa shape index (κ2) is 7.71. The van der Waals surface area contributed by atoms with Crippen LogP contribution in [0.2, 0.25) is 0 Å². The molecule has 2 rings (SSSR count). The van der Waals surface area contributed by atoms with E-state index in [0.717, 1.165) is 6.26 Å². The number of aliphatic hydroxyl groups excluding tert-OH is 1. The van der Waals surface area contributed by atoms with Gasteiger partial charge in [-0.15, -0.1) is 0 Å². The van der Waals surface area contributed by atoms with E-state index in [0.29, 0.717) is 0 Å². The number of hydrogen-bond acceptors (Lipinski definition) is 6. The van der Waals surface area contributed by atoms with Gasteiger partial charge >= 0.3 is 0 Å². The summed E-state index contributed by atoms with van der Waals surface area (Å²) >= 11 is 0. The number of aliphatic hydroxyl groups is 1. The van der Waals surface area contributed by atoms with Crippen molar-refractivity contribution >= 4 is 15.7 Å². The van der Waals surface area contributed by atoms with Gasteiger partial charge in [0.25, 0.3) is 5.91 Å². The highest BCUT2D eigenvalue weighted by atomic mass is 32.2. The highest BCUT2D eigenvalue weighted by Crippen LogP contribution is 2.28. The van der Waals surface area contributed by atoms with Crippen molar-refractivity contribution in [2.45, 2.75) is 17.0 Å². The maximum absolute atomic E-state index is 13.3. The minimum Gasteiger partial charge on any atom is -0.504 e. The number of phenolic OH excluding ortho intramolecular Hbond substituents is 2. The van der Waals surface area contributed by atoms with E-state index < -0.39 is 46.1 Å². The topological polar surface area (TPSA) is 124 Å². The summed E-state index contributed by atoms with van der Waals surface area (Å²) in [4.78, 5) is 12.2. The van der Waals surface area contributed by atoms with Crippen LogP contribution in [-0.2, 0) is 9.84 Å². The van der Waals surface area contributed by atoms with Gasteiger partial charge in [0, 0.05) is 6.26 Å². The first-order chi connectivity index (χ1) is 12.1. The molecule has 140 valence electrons. The van der Waals surface area contributed by atoms with Crippen LogP contribution in [-0.4, -0.2) is 48.6 Å². The Morgan fingerprint density at radius 1 is 1.15 bits per heavy atom. The number of halogens is 1. The summed E-state index contributed by atoms with van der Waals surface area (Å²) in [6.07, 6.45) is -0.415. The number of hydrogen-bond donors (Lipinski definition) is 4. The average molecular weight is 383 g/mol. The smallest absolute Gasteiger partial charge is 0.255 e. The van der Waals surface area contributed by atoms with Crippen molar-refractivity contribution in [3.8, 4) is 11.5 Å². The molecule has 9 heteroatoms. The van der Waals surface area contributed by atoms with Gasteiger partial charge in [0.1, 0.15) is 12.8 Å². The lowest BCUT2D eigenvalue weighted by Gasteiger charge is -2.22. The van der Waals surface area contributed by atoms with Crippen LogP contribution in [0.25, 0.3) is 0 Å². The molecule has 0 saturated carbocycles. The molecular weight excluding hydrogens is 365 g/mol. The zero-order valence-electron chi connectivity index (χ0n) is 13.8. The van der Waals surface area contributed by atoms with Crippen LogP contribution in [0.15, 0.2) is 47.4 Å². The molecule has 2 aromatic rings. The van der Waals surface area contributed by atoms with Gasteiger partial charge in [0.05, 0.1) is 16.5 Å². The second-order valence-corrected chi connectivity index (χ2v) is 7.71. The summed E-state index contributed by atoms with van der Waals surface area (Å²) in [7, 11) is -3.41. The van der Waals surface area contributed by atoms with Gasteiger partial charge in [0.2, 0.25) is 0 Å². The van der Waals surface area contributed by atoms with Crippen LogP contribution in [0.1, 0.15) is 22.0 Å². The fourth-order valence-electron chi connectivity index (χ4n) is 2.31. The van der Waals surface area contributed by atoms with Crippen molar-refractivity contribution in [2.24, 2.45) is 0 Å². The maximum atomic E-state index is 13.3. The van der Waals surface area contributed by atoms with Gasteiger partial charge in [-0.2, -0.15) is 0 Å². The Morgan fingerprint density at radius 3 is 2.31 bits per heavy atom. The molecule has 0 aliphatic rings. The number of sulfone groups is 1. The Bertz CT molecular complexity index is 898. The van der Waals surface area contributed by atoms with E-state index in [1.807, 2.05) is 0 Å². The lowest BCUT2D eigenvalue weighted by molar-refractivity contribution is 0.0789. The minimum atomic E-state index is -3.41. The molecule has 1 unspecified atom stereocenters. The molecule has 0 spiro atoms. The Balaban J connectivity index is 2.19. The predicted octanol–water partition coefficient (Wildman–Crippen LogP) is 1.30. The van der Waals surface area contributed by atoms with Gasteiger partial charge in [-0.25, -0.2) is 12.8 Å². The summed E-state index contributed by atoms with van der Waals surface area (Å²) in [6.45, 7) is -1.11. The van der Waals surface area contributed by atoms with E-state index in [9.17, 15) is 32.9 Å². The Hall–Kier alpha value is -2.65. The lowest BCUT2D eigenvalue weighted by Crippen LogP contribution is -2.41. The molecule has 0 saturated heterocycles. The number of alkyl halides is 1. The molecular formula is C17H18FNO6S. The molecule has 0 heterocycles. The summed E-state index contributed by atoms with van der Waals surface area (Å²) in [6, 6.07) is 7.58. The third kappa shape index (κ3) is 4.30. The van der Waals surface area contributed by atoms with Crippen LogP contribution in [0.4, 0.5) is 4.39 Å². The van der Waals surface area contributed by atoms with Crippen molar-refractivity contribution < 1.29 is 32.9 Å². The number of rotatable bonds is 6. The fraction of sp³-hybridized carbons (Fsp3) is 0.235. The molecule has 0 radical (unpaired) electrons. The molecule has 0 aliphatic heterocycles. The summed E-state index contributed by atoms with van der Waals surface area (Å²) in [5.74, 6) is -2.05. The van der Waals surface area contributed by atoms with E-state index >= 15 is 0 Å². The summed E-state index contributed by atoms with van der Waals surface area (Å²) < 4.78 is 36.2. The zero-order valence-corrected chi connectivity index (χ0v) is 14.6. The monoisotopic (exact) mass is 383 g/mol. The van der Waals surface area contributed by atoms with Crippen LogP contribution in [0.3, 0.4) is 0 Å². The van der Waals surface area contributed by atoms with Crippen molar-refractivity contribution in [3.63, 3.8) is 0 Å². The van der Waals surface area contributed by atoms with Crippen LogP contribution >= 0.6 is 0 Å². The number of carbonyl (C=O) groups excluding carboxylic acids is 1.